The number of carbonyl (C=O) groups is 1. The quantitative estimate of drug-likeness (QED) is 0.344. The molecule has 0 radical (unpaired) electrons. The van der Waals surface area contributed by atoms with Gasteiger partial charge in [0.2, 0.25) is 0 Å². The summed E-state index contributed by atoms with van der Waals surface area (Å²) in [6, 6.07) is 16.6. The fourth-order valence-corrected chi connectivity index (χ4v) is 4.28. The lowest BCUT2D eigenvalue weighted by molar-refractivity contribution is -0.384. The zero-order chi connectivity index (χ0) is 18.1. The van der Waals surface area contributed by atoms with Gasteiger partial charge in [0.25, 0.3) is 5.69 Å². The van der Waals surface area contributed by atoms with E-state index in [2.05, 4.69) is 17.0 Å². The number of hydrogen-bond acceptors (Lipinski definition) is 4. The molecule has 26 heavy (non-hydrogen) atoms. The van der Waals surface area contributed by atoms with Crippen LogP contribution in [-0.2, 0) is 0 Å². The van der Waals surface area contributed by atoms with Crippen LogP contribution in [0.2, 0.25) is 0 Å². The van der Waals surface area contributed by atoms with Gasteiger partial charge in [0.05, 0.1) is 17.0 Å². The van der Waals surface area contributed by atoms with Gasteiger partial charge in [-0.2, -0.15) is 0 Å². The average molecular weight is 350 g/mol. The number of carbonyl (C=O) groups excluding carboxylic acids is 1. The third kappa shape index (κ3) is 3.15. The highest BCUT2D eigenvalue weighted by atomic mass is 16.6. The van der Waals surface area contributed by atoms with Crippen molar-refractivity contribution in [3.05, 3.63) is 75.8 Å². The average Bonchev–Trinajstić information content (AvgIpc) is 3.44. The Morgan fingerprint density at radius 1 is 0.962 bits per heavy atom. The predicted octanol–water partition coefficient (Wildman–Crippen LogP) is 4.54. The molecule has 0 amide bonds. The van der Waals surface area contributed by atoms with Crippen molar-refractivity contribution in [3.63, 3.8) is 0 Å². The van der Waals surface area contributed by atoms with Crippen molar-refractivity contribution in [2.75, 3.05) is 0 Å². The van der Waals surface area contributed by atoms with Crippen molar-refractivity contribution < 1.29 is 9.72 Å². The number of hydrogen-bond donors (Lipinski definition) is 0. The van der Waals surface area contributed by atoms with E-state index in [0.29, 0.717) is 11.6 Å². The molecule has 2 fully saturated rings. The summed E-state index contributed by atoms with van der Waals surface area (Å²) in [7, 11) is 0. The Morgan fingerprint density at radius 2 is 1.62 bits per heavy atom. The number of ketones is 1. The second kappa shape index (κ2) is 7.00. The molecule has 4 rings (SSSR count). The summed E-state index contributed by atoms with van der Waals surface area (Å²) in [6.07, 6.45) is 6.02. The second-order valence-electron chi connectivity index (χ2n) is 7.21. The highest BCUT2D eigenvalue weighted by molar-refractivity contribution is 6.03. The van der Waals surface area contributed by atoms with Gasteiger partial charge in [-0.1, -0.05) is 49.6 Å². The van der Waals surface area contributed by atoms with E-state index in [-0.39, 0.29) is 23.6 Å². The second-order valence-corrected chi connectivity index (χ2v) is 7.21. The molecule has 134 valence electrons. The van der Waals surface area contributed by atoms with Crippen molar-refractivity contribution in [1.29, 1.82) is 0 Å². The molecule has 3 atom stereocenters. The molecule has 2 aliphatic rings. The van der Waals surface area contributed by atoms with Crippen LogP contribution in [0, 0.1) is 10.1 Å². The first kappa shape index (κ1) is 16.9. The van der Waals surface area contributed by atoms with Gasteiger partial charge in [0.1, 0.15) is 0 Å². The van der Waals surface area contributed by atoms with E-state index >= 15 is 0 Å². The van der Waals surface area contributed by atoms with E-state index in [1.54, 1.807) is 12.1 Å². The molecule has 0 aromatic heterocycles. The summed E-state index contributed by atoms with van der Waals surface area (Å²) in [5.74, 6) is 0.0688. The number of nitro benzene ring substituents is 1. The Kier molecular flexibility index (Phi) is 4.55. The zero-order valence-corrected chi connectivity index (χ0v) is 14.6. The molecule has 1 aliphatic carbocycles. The fraction of sp³-hybridized carbons (Fsp3) is 0.381. The molecule has 0 bridgehead atoms. The SMILES string of the molecule is O=C(c1ccc([N+](=O)[O-])cc1)[C@@H]1[C@@H](c2ccccc2)N1C1CCCCC1. The van der Waals surface area contributed by atoms with Gasteiger partial charge in [0, 0.05) is 23.7 Å². The van der Waals surface area contributed by atoms with Crippen LogP contribution in [0.4, 0.5) is 5.69 Å². The molecule has 0 N–H and O–H groups in total. The van der Waals surface area contributed by atoms with Crippen LogP contribution in [0.15, 0.2) is 54.6 Å². The Morgan fingerprint density at radius 3 is 2.23 bits per heavy atom. The van der Waals surface area contributed by atoms with Gasteiger partial charge in [-0.3, -0.25) is 19.8 Å². The number of nitro groups is 1. The van der Waals surface area contributed by atoms with Crippen LogP contribution in [0.5, 0.6) is 0 Å². The van der Waals surface area contributed by atoms with Gasteiger partial charge in [-0.25, -0.2) is 0 Å². The van der Waals surface area contributed by atoms with E-state index in [4.69, 9.17) is 0 Å². The molecule has 1 unspecified atom stereocenters. The summed E-state index contributed by atoms with van der Waals surface area (Å²) in [5.41, 5.74) is 1.75. The van der Waals surface area contributed by atoms with Crippen LogP contribution in [0.25, 0.3) is 0 Å². The largest absolute Gasteiger partial charge is 0.292 e. The zero-order valence-electron chi connectivity index (χ0n) is 14.6. The lowest BCUT2D eigenvalue weighted by Crippen LogP contribution is -2.26. The van der Waals surface area contributed by atoms with Gasteiger partial charge >= 0.3 is 0 Å². The highest BCUT2D eigenvalue weighted by Crippen LogP contribution is 2.49. The normalized spacial score (nSPS) is 25.6. The summed E-state index contributed by atoms with van der Waals surface area (Å²) >= 11 is 0. The van der Waals surface area contributed by atoms with Crippen LogP contribution < -0.4 is 0 Å². The minimum absolute atomic E-state index is 0.0149. The van der Waals surface area contributed by atoms with Crippen molar-refractivity contribution in [3.8, 4) is 0 Å². The first-order valence-electron chi connectivity index (χ1n) is 9.28. The smallest absolute Gasteiger partial charge is 0.269 e. The van der Waals surface area contributed by atoms with Crippen LogP contribution in [0.3, 0.4) is 0 Å². The minimum atomic E-state index is -0.438. The van der Waals surface area contributed by atoms with Crippen molar-refractivity contribution >= 4 is 11.5 Å². The van der Waals surface area contributed by atoms with Gasteiger partial charge in [-0.15, -0.1) is 0 Å². The maximum absolute atomic E-state index is 13.1. The molecule has 2 aromatic carbocycles. The van der Waals surface area contributed by atoms with Gasteiger partial charge in [-0.05, 0) is 30.5 Å². The monoisotopic (exact) mass is 350 g/mol. The maximum atomic E-state index is 13.1. The summed E-state index contributed by atoms with van der Waals surface area (Å²) < 4.78 is 0. The van der Waals surface area contributed by atoms with E-state index in [0.717, 1.165) is 12.8 Å². The minimum Gasteiger partial charge on any atom is -0.292 e. The van der Waals surface area contributed by atoms with E-state index in [1.165, 1.54) is 37.0 Å². The van der Waals surface area contributed by atoms with E-state index < -0.39 is 4.92 Å². The Balaban J connectivity index is 1.59. The third-order valence-corrected chi connectivity index (χ3v) is 5.62. The molecule has 1 saturated heterocycles. The van der Waals surface area contributed by atoms with Crippen LogP contribution in [-0.4, -0.2) is 27.7 Å². The molecular weight excluding hydrogens is 328 g/mol. The molecule has 0 spiro atoms. The van der Waals surface area contributed by atoms with Crippen LogP contribution >= 0.6 is 0 Å². The van der Waals surface area contributed by atoms with Crippen molar-refractivity contribution in [2.24, 2.45) is 0 Å². The predicted molar refractivity (Wildman–Crippen MR) is 99.1 cm³/mol. The van der Waals surface area contributed by atoms with E-state index in [9.17, 15) is 14.9 Å². The Hall–Kier alpha value is -2.53. The number of nitrogens with zero attached hydrogens (tertiary/aromatic N) is 2. The Labute approximate surface area is 152 Å². The standard InChI is InChI=1S/C21H22N2O3/c24-21(16-11-13-18(14-12-16)23(25)26)20-19(15-7-3-1-4-8-15)22(20)17-9-5-2-6-10-17/h1,3-4,7-8,11-14,17,19-20H,2,5-6,9-10H2/t19-,20+,22?/m1/s1. The summed E-state index contributed by atoms with van der Waals surface area (Å²) in [4.78, 5) is 25.9. The van der Waals surface area contributed by atoms with E-state index in [1.807, 2.05) is 18.2 Å². The maximum Gasteiger partial charge on any atom is 0.269 e. The molecule has 1 heterocycles. The highest BCUT2D eigenvalue weighted by Gasteiger charge is 2.55. The van der Waals surface area contributed by atoms with Crippen molar-refractivity contribution in [2.45, 2.75) is 50.2 Å². The molecule has 1 saturated carbocycles. The molecule has 2 aromatic rings. The molecule has 1 aliphatic heterocycles. The number of non-ortho nitro benzene ring substituents is 1. The third-order valence-electron chi connectivity index (χ3n) is 5.62. The lowest BCUT2D eigenvalue weighted by Gasteiger charge is -2.24. The van der Waals surface area contributed by atoms with Gasteiger partial charge in [0.15, 0.2) is 5.78 Å². The Bertz CT molecular complexity index is 798. The topological polar surface area (TPSA) is 63.2 Å². The van der Waals surface area contributed by atoms with Crippen LogP contribution in [0.1, 0.15) is 54.1 Å². The molecule has 5 nitrogen and oxygen atoms in total. The molecule has 5 heteroatoms. The first-order chi connectivity index (χ1) is 12.7. The van der Waals surface area contributed by atoms with Crippen molar-refractivity contribution in [1.82, 2.24) is 4.90 Å². The molecular formula is C21H22N2O3. The lowest BCUT2D eigenvalue weighted by atomic mass is 9.95. The first-order valence-corrected chi connectivity index (χ1v) is 9.28. The van der Waals surface area contributed by atoms with Gasteiger partial charge < -0.3 is 0 Å². The summed E-state index contributed by atoms with van der Waals surface area (Å²) in [5, 5.41) is 10.8. The summed E-state index contributed by atoms with van der Waals surface area (Å²) in [6.45, 7) is 0. The number of Topliss-reactive ketones (excluding diaryl/α,β-unsaturated/α-hetero) is 1. The number of benzene rings is 2. The number of rotatable bonds is 5. The fourth-order valence-electron chi connectivity index (χ4n) is 4.28.